The molecule has 4 rings (SSSR count). The van der Waals surface area contributed by atoms with Crippen molar-refractivity contribution in [1.29, 1.82) is 0 Å². The van der Waals surface area contributed by atoms with Crippen molar-refractivity contribution in [1.82, 2.24) is 14.8 Å². The molecule has 3 aromatic rings. The summed E-state index contributed by atoms with van der Waals surface area (Å²) >= 11 is 16.8. The van der Waals surface area contributed by atoms with Gasteiger partial charge < -0.3 is 14.4 Å². The van der Waals surface area contributed by atoms with E-state index >= 15 is 0 Å². The van der Waals surface area contributed by atoms with E-state index in [1.807, 2.05) is 25.4 Å². The number of nitrogens with zero attached hydrogens (tertiary/aromatic N) is 4. The number of carbonyl (C=O) groups excluding carboxylic acids is 1. The Morgan fingerprint density at radius 2 is 1.94 bits per heavy atom. The Morgan fingerprint density at radius 3 is 2.60 bits per heavy atom. The highest BCUT2D eigenvalue weighted by Gasteiger charge is 2.23. The van der Waals surface area contributed by atoms with Crippen molar-refractivity contribution in [3.05, 3.63) is 48.0 Å². The second-order valence-electron chi connectivity index (χ2n) is 8.06. The molecule has 3 heterocycles. The average Bonchev–Trinajstić information content (AvgIpc) is 3.26. The summed E-state index contributed by atoms with van der Waals surface area (Å²) in [4.78, 5) is 19.1. The van der Waals surface area contributed by atoms with Crippen LogP contribution in [0.4, 0.5) is 20.7 Å². The second-order valence-corrected chi connectivity index (χ2v) is 10.6. The highest BCUT2D eigenvalue weighted by atomic mass is 35.6. The van der Waals surface area contributed by atoms with Gasteiger partial charge in [0.2, 0.25) is 3.79 Å². The van der Waals surface area contributed by atoms with Crippen LogP contribution in [0.1, 0.15) is 5.56 Å². The highest BCUT2D eigenvalue weighted by molar-refractivity contribution is 6.67. The first-order valence-electron chi connectivity index (χ1n) is 10.7. The minimum Gasteiger partial charge on any atom is -0.445 e. The number of aromatic nitrogens is 3. The zero-order valence-corrected chi connectivity index (χ0v) is 21.3. The number of benzene rings is 1. The summed E-state index contributed by atoms with van der Waals surface area (Å²) in [5.41, 5.74) is 3.70. The van der Waals surface area contributed by atoms with Gasteiger partial charge in [0.1, 0.15) is 18.2 Å². The van der Waals surface area contributed by atoms with Gasteiger partial charge >= 0.3 is 6.09 Å². The van der Waals surface area contributed by atoms with E-state index in [0.717, 1.165) is 22.6 Å². The van der Waals surface area contributed by atoms with Crippen molar-refractivity contribution in [2.24, 2.45) is 7.05 Å². The molecule has 35 heavy (non-hydrogen) atoms. The number of hydrogen-bond acceptors (Lipinski definition) is 6. The normalized spacial score (nSPS) is 14.2. The quantitative estimate of drug-likeness (QED) is 0.438. The predicted octanol–water partition coefficient (Wildman–Crippen LogP) is 5.35. The van der Waals surface area contributed by atoms with Crippen LogP contribution in [0.5, 0.6) is 0 Å². The number of nitrogens with one attached hydrogen (secondary N) is 1. The van der Waals surface area contributed by atoms with Crippen LogP contribution in [0.2, 0.25) is 0 Å². The van der Waals surface area contributed by atoms with Crippen LogP contribution in [0.3, 0.4) is 0 Å². The zero-order valence-electron chi connectivity index (χ0n) is 19.0. The van der Waals surface area contributed by atoms with Crippen molar-refractivity contribution in [3.8, 4) is 22.4 Å². The third-order valence-electron chi connectivity index (χ3n) is 5.38. The fraction of sp³-hybridized carbons (Fsp3) is 0.348. The monoisotopic (exact) mass is 541 g/mol. The van der Waals surface area contributed by atoms with E-state index in [9.17, 15) is 9.18 Å². The maximum absolute atomic E-state index is 14.7. The van der Waals surface area contributed by atoms with Gasteiger partial charge in [0.05, 0.1) is 30.8 Å². The number of carbonyl (C=O) groups is 1. The van der Waals surface area contributed by atoms with Gasteiger partial charge in [0.25, 0.3) is 0 Å². The number of halogens is 4. The molecule has 0 radical (unpaired) electrons. The number of rotatable bonds is 5. The van der Waals surface area contributed by atoms with Crippen LogP contribution in [-0.4, -0.2) is 57.6 Å². The Balaban J connectivity index is 1.72. The van der Waals surface area contributed by atoms with Crippen LogP contribution in [-0.2, 0) is 16.5 Å². The van der Waals surface area contributed by atoms with Gasteiger partial charge in [-0.05, 0) is 47.9 Å². The minimum absolute atomic E-state index is 0.0624. The molecule has 1 saturated heterocycles. The van der Waals surface area contributed by atoms with Crippen LogP contribution >= 0.6 is 34.8 Å². The molecule has 0 unspecified atom stereocenters. The summed E-state index contributed by atoms with van der Waals surface area (Å²) in [5, 5.41) is 6.63. The summed E-state index contributed by atoms with van der Waals surface area (Å²) in [5.74, 6) is 0.150. The van der Waals surface area contributed by atoms with E-state index in [-0.39, 0.29) is 5.69 Å². The summed E-state index contributed by atoms with van der Waals surface area (Å²) in [6.45, 7) is 3.93. The lowest BCUT2D eigenvalue weighted by Crippen LogP contribution is -2.36. The number of aryl methyl sites for hydroxylation is 2. The molecule has 1 aliphatic heterocycles. The largest absolute Gasteiger partial charge is 0.445 e. The molecule has 1 fully saturated rings. The Labute approximate surface area is 216 Å². The van der Waals surface area contributed by atoms with E-state index in [4.69, 9.17) is 49.3 Å². The number of hydrogen-bond donors (Lipinski definition) is 1. The molecule has 2 aromatic heterocycles. The fourth-order valence-electron chi connectivity index (χ4n) is 3.70. The minimum atomic E-state index is -1.77. The van der Waals surface area contributed by atoms with E-state index in [1.54, 1.807) is 23.9 Å². The Morgan fingerprint density at radius 1 is 1.20 bits per heavy atom. The lowest BCUT2D eigenvalue weighted by Gasteiger charge is -2.28. The van der Waals surface area contributed by atoms with Gasteiger partial charge in [-0.1, -0.05) is 34.8 Å². The molecule has 0 atom stereocenters. The maximum atomic E-state index is 14.7. The smallest absolute Gasteiger partial charge is 0.411 e. The lowest BCUT2D eigenvalue weighted by molar-refractivity contribution is 0.122. The maximum Gasteiger partial charge on any atom is 0.411 e. The fourth-order valence-corrected chi connectivity index (χ4v) is 3.86. The predicted molar refractivity (Wildman–Crippen MR) is 135 cm³/mol. The standard InChI is InChI=1S/C23H23Cl3FN5O3/c1-14-7-18(27)20(30-22(33)35-13-23(24,25)26)10-17(14)15-8-19(16-11-28-31(2)12-16)29-21(9-15)32-3-5-34-6-4-32/h7-12H,3-6,13H2,1-2H3,(H,30,33). The molecule has 0 aliphatic carbocycles. The number of alkyl halides is 3. The molecule has 0 spiro atoms. The first kappa shape index (κ1) is 25.5. The van der Waals surface area contributed by atoms with Gasteiger partial charge in [-0.15, -0.1) is 0 Å². The molecular formula is C23H23Cl3FN5O3. The average molecular weight is 543 g/mol. The topological polar surface area (TPSA) is 81.5 Å². The lowest BCUT2D eigenvalue weighted by atomic mass is 9.98. The third kappa shape index (κ3) is 6.55. The Hall–Kier alpha value is -2.59. The van der Waals surface area contributed by atoms with Gasteiger partial charge in [0, 0.05) is 31.9 Å². The van der Waals surface area contributed by atoms with Gasteiger partial charge in [-0.2, -0.15) is 5.10 Å². The third-order valence-corrected chi connectivity index (χ3v) is 5.70. The van der Waals surface area contributed by atoms with E-state index in [0.29, 0.717) is 37.4 Å². The van der Waals surface area contributed by atoms with Crippen LogP contribution in [0.25, 0.3) is 22.4 Å². The Kier molecular flexibility index (Phi) is 7.70. The summed E-state index contributed by atoms with van der Waals surface area (Å²) in [6, 6.07) is 6.74. The molecule has 1 N–H and O–H groups in total. The number of amides is 1. The van der Waals surface area contributed by atoms with Crippen LogP contribution < -0.4 is 10.2 Å². The van der Waals surface area contributed by atoms with E-state index < -0.39 is 22.3 Å². The number of ether oxygens (including phenoxy) is 2. The van der Waals surface area contributed by atoms with Crippen molar-refractivity contribution >= 4 is 52.4 Å². The van der Waals surface area contributed by atoms with Gasteiger partial charge in [-0.3, -0.25) is 10.00 Å². The van der Waals surface area contributed by atoms with Crippen LogP contribution in [0.15, 0.2) is 36.7 Å². The molecule has 1 aromatic carbocycles. The van der Waals surface area contributed by atoms with Crippen molar-refractivity contribution in [2.45, 2.75) is 10.7 Å². The molecule has 0 bridgehead atoms. The van der Waals surface area contributed by atoms with E-state index in [2.05, 4.69) is 15.3 Å². The van der Waals surface area contributed by atoms with Crippen molar-refractivity contribution < 1.29 is 18.7 Å². The Bertz CT molecular complexity index is 1230. The number of anilines is 2. The molecule has 1 aliphatic rings. The van der Waals surface area contributed by atoms with Gasteiger partial charge in [-0.25, -0.2) is 14.2 Å². The highest BCUT2D eigenvalue weighted by Crippen LogP contribution is 2.34. The molecule has 0 saturated carbocycles. The van der Waals surface area contributed by atoms with Crippen molar-refractivity contribution in [2.75, 3.05) is 43.1 Å². The summed E-state index contributed by atoms with van der Waals surface area (Å²) < 4.78 is 25.0. The number of pyridine rings is 1. The first-order chi connectivity index (χ1) is 16.6. The van der Waals surface area contributed by atoms with E-state index in [1.165, 1.54) is 6.07 Å². The molecule has 8 nitrogen and oxygen atoms in total. The molecular weight excluding hydrogens is 520 g/mol. The zero-order chi connectivity index (χ0) is 25.2. The van der Waals surface area contributed by atoms with Crippen molar-refractivity contribution in [3.63, 3.8) is 0 Å². The number of morpholine rings is 1. The molecule has 12 heteroatoms. The summed E-state index contributed by atoms with van der Waals surface area (Å²) in [6.07, 6.45) is 2.67. The SMILES string of the molecule is Cc1cc(F)c(NC(=O)OCC(Cl)(Cl)Cl)cc1-c1cc(-c2cnn(C)c2)nc(N2CCOCC2)c1. The van der Waals surface area contributed by atoms with Gasteiger partial charge in [0.15, 0.2) is 0 Å². The first-order valence-corrected chi connectivity index (χ1v) is 11.9. The summed E-state index contributed by atoms with van der Waals surface area (Å²) in [7, 11) is 1.83. The molecule has 1 amide bonds. The van der Waals surface area contributed by atoms with Crippen LogP contribution in [0, 0.1) is 12.7 Å². The molecule has 186 valence electrons. The second kappa shape index (κ2) is 10.6.